The summed E-state index contributed by atoms with van der Waals surface area (Å²) < 4.78 is 1.43. The molecule has 1 aliphatic rings. The Labute approximate surface area is 147 Å². The molecule has 2 aromatic heterocycles. The van der Waals surface area contributed by atoms with Crippen LogP contribution in [0.25, 0.3) is 0 Å². The van der Waals surface area contributed by atoms with Gasteiger partial charge in [0, 0.05) is 50.7 Å². The quantitative estimate of drug-likeness (QED) is 0.925. The Morgan fingerprint density at radius 1 is 1.16 bits per heavy atom. The minimum atomic E-state index is -0.255. The molecule has 6 nitrogen and oxygen atoms in total. The van der Waals surface area contributed by atoms with Crippen LogP contribution in [0, 0.1) is 0 Å². The molecule has 3 heterocycles. The maximum atomic E-state index is 12.1. The van der Waals surface area contributed by atoms with Crippen LogP contribution >= 0.6 is 0 Å². The number of nitrogens with zero attached hydrogens (tertiary/aromatic N) is 3. The lowest BCUT2D eigenvalue weighted by atomic mass is 10.2. The van der Waals surface area contributed by atoms with Gasteiger partial charge in [-0.1, -0.05) is 18.9 Å². The maximum Gasteiger partial charge on any atom is 0.251 e. The van der Waals surface area contributed by atoms with Gasteiger partial charge in [-0.05, 0) is 30.5 Å². The van der Waals surface area contributed by atoms with Crippen molar-refractivity contribution in [3.05, 3.63) is 58.1 Å². The Kier molecular flexibility index (Phi) is 5.48. The summed E-state index contributed by atoms with van der Waals surface area (Å²) in [7, 11) is 1.65. The second kappa shape index (κ2) is 7.96. The molecule has 0 unspecified atom stereocenters. The van der Waals surface area contributed by atoms with Crippen molar-refractivity contribution in [2.75, 3.05) is 18.0 Å². The molecule has 1 amide bonds. The predicted octanol–water partition coefficient (Wildman–Crippen LogP) is 2.09. The van der Waals surface area contributed by atoms with E-state index in [4.69, 9.17) is 0 Å². The van der Waals surface area contributed by atoms with Gasteiger partial charge < -0.3 is 14.8 Å². The lowest BCUT2D eigenvalue weighted by Crippen LogP contribution is -2.26. The standard InChI is InChI=1S/C19H24N4O2/c1-22-11-8-16(12-18(22)24)19(25)21-14-15-6-7-17(20-13-15)23-9-4-2-3-5-10-23/h6-8,11-13H,2-5,9-10,14H2,1H3,(H,21,25). The molecule has 0 atom stereocenters. The van der Waals surface area contributed by atoms with Crippen molar-refractivity contribution >= 4 is 11.7 Å². The third-order valence-electron chi connectivity index (χ3n) is 4.56. The minimum Gasteiger partial charge on any atom is -0.357 e. The van der Waals surface area contributed by atoms with Gasteiger partial charge in [0.05, 0.1) is 0 Å². The van der Waals surface area contributed by atoms with E-state index in [1.807, 2.05) is 18.3 Å². The highest BCUT2D eigenvalue weighted by Crippen LogP contribution is 2.17. The van der Waals surface area contributed by atoms with E-state index in [2.05, 4.69) is 15.2 Å². The molecule has 1 fully saturated rings. The summed E-state index contributed by atoms with van der Waals surface area (Å²) in [6.45, 7) is 2.51. The van der Waals surface area contributed by atoms with Gasteiger partial charge in [0.2, 0.25) is 0 Å². The molecule has 6 heteroatoms. The highest BCUT2D eigenvalue weighted by Gasteiger charge is 2.11. The average molecular weight is 340 g/mol. The van der Waals surface area contributed by atoms with E-state index in [1.165, 1.54) is 36.3 Å². The Hall–Kier alpha value is -2.63. The summed E-state index contributed by atoms with van der Waals surface area (Å²) in [6, 6.07) is 7.00. The number of aryl methyl sites for hydroxylation is 1. The molecule has 0 bridgehead atoms. The van der Waals surface area contributed by atoms with Crippen LogP contribution in [0.4, 0.5) is 5.82 Å². The van der Waals surface area contributed by atoms with Gasteiger partial charge in [-0.3, -0.25) is 9.59 Å². The Morgan fingerprint density at radius 3 is 2.56 bits per heavy atom. The largest absolute Gasteiger partial charge is 0.357 e. The smallest absolute Gasteiger partial charge is 0.251 e. The predicted molar refractivity (Wildman–Crippen MR) is 97.8 cm³/mol. The number of carbonyl (C=O) groups is 1. The number of hydrogen-bond acceptors (Lipinski definition) is 4. The Morgan fingerprint density at radius 2 is 1.92 bits per heavy atom. The fourth-order valence-corrected chi connectivity index (χ4v) is 2.98. The molecule has 0 spiro atoms. The third-order valence-corrected chi connectivity index (χ3v) is 4.56. The molecular formula is C19H24N4O2. The van der Waals surface area contributed by atoms with E-state index in [-0.39, 0.29) is 11.5 Å². The summed E-state index contributed by atoms with van der Waals surface area (Å²) >= 11 is 0. The molecule has 0 saturated carbocycles. The first-order valence-electron chi connectivity index (χ1n) is 8.78. The maximum absolute atomic E-state index is 12.1. The highest BCUT2D eigenvalue weighted by atomic mass is 16.2. The molecular weight excluding hydrogens is 316 g/mol. The fourth-order valence-electron chi connectivity index (χ4n) is 2.98. The van der Waals surface area contributed by atoms with Crippen LogP contribution < -0.4 is 15.8 Å². The summed E-state index contributed by atoms with van der Waals surface area (Å²) in [5, 5.41) is 2.83. The molecule has 0 radical (unpaired) electrons. The van der Waals surface area contributed by atoms with Crippen LogP contribution in [-0.2, 0) is 13.6 Å². The molecule has 0 aliphatic carbocycles. The second-order valence-corrected chi connectivity index (χ2v) is 6.47. The van der Waals surface area contributed by atoms with Crippen LogP contribution in [0.2, 0.25) is 0 Å². The van der Waals surface area contributed by atoms with Crippen LogP contribution in [-0.4, -0.2) is 28.5 Å². The van der Waals surface area contributed by atoms with Gasteiger partial charge in [0.25, 0.3) is 11.5 Å². The van der Waals surface area contributed by atoms with Gasteiger partial charge >= 0.3 is 0 Å². The zero-order valence-electron chi connectivity index (χ0n) is 14.6. The molecule has 2 aromatic rings. The zero-order valence-corrected chi connectivity index (χ0v) is 14.6. The number of rotatable bonds is 4. The highest BCUT2D eigenvalue weighted by molar-refractivity contribution is 5.93. The first kappa shape index (κ1) is 17.2. The lowest BCUT2D eigenvalue weighted by Gasteiger charge is -2.21. The zero-order chi connectivity index (χ0) is 17.6. The SMILES string of the molecule is Cn1ccc(C(=O)NCc2ccc(N3CCCCCC3)nc2)cc1=O. The Balaban J connectivity index is 1.58. The topological polar surface area (TPSA) is 67.2 Å². The van der Waals surface area contributed by atoms with Crippen molar-refractivity contribution < 1.29 is 4.79 Å². The molecule has 132 valence electrons. The molecule has 1 aliphatic heterocycles. The van der Waals surface area contributed by atoms with Crippen molar-refractivity contribution in [3.63, 3.8) is 0 Å². The van der Waals surface area contributed by atoms with Gasteiger partial charge in [0.1, 0.15) is 5.82 Å². The van der Waals surface area contributed by atoms with Crippen LogP contribution in [0.3, 0.4) is 0 Å². The van der Waals surface area contributed by atoms with E-state index in [0.717, 1.165) is 24.5 Å². The Bertz CT molecular complexity index is 775. The van der Waals surface area contributed by atoms with Crippen LogP contribution in [0.5, 0.6) is 0 Å². The average Bonchev–Trinajstić information content (AvgIpc) is 2.92. The van der Waals surface area contributed by atoms with Crippen LogP contribution in [0.15, 0.2) is 41.5 Å². The number of anilines is 1. The number of amides is 1. The van der Waals surface area contributed by atoms with E-state index in [0.29, 0.717) is 12.1 Å². The van der Waals surface area contributed by atoms with Gasteiger partial charge in [0.15, 0.2) is 0 Å². The summed E-state index contributed by atoms with van der Waals surface area (Å²) in [4.78, 5) is 30.6. The van der Waals surface area contributed by atoms with E-state index in [9.17, 15) is 9.59 Å². The summed E-state index contributed by atoms with van der Waals surface area (Å²) in [5.74, 6) is 0.748. The van der Waals surface area contributed by atoms with Crippen LogP contribution in [0.1, 0.15) is 41.6 Å². The molecule has 0 aromatic carbocycles. The first-order valence-corrected chi connectivity index (χ1v) is 8.78. The van der Waals surface area contributed by atoms with Crippen molar-refractivity contribution in [2.24, 2.45) is 7.05 Å². The van der Waals surface area contributed by atoms with Crippen molar-refractivity contribution in [3.8, 4) is 0 Å². The molecule has 25 heavy (non-hydrogen) atoms. The minimum absolute atomic E-state index is 0.198. The molecule has 3 rings (SSSR count). The normalized spacial score (nSPS) is 14.8. The van der Waals surface area contributed by atoms with Crippen molar-refractivity contribution in [1.82, 2.24) is 14.9 Å². The van der Waals surface area contributed by atoms with Gasteiger partial charge in [-0.15, -0.1) is 0 Å². The molecule has 1 saturated heterocycles. The lowest BCUT2D eigenvalue weighted by molar-refractivity contribution is 0.0950. The summed E-state index contributed by atoms with van der Waals surface area (Å²) in [5.41, 5.74) is 1.11. The van der Waals surface area contributed by atoms with Gasteiger partial charge in [-0.25, -0.2) is 4.98 Å². The monoisotopic (exact) mass is 340 g/mol. The van der Waals surface area contributed by atoms with E-state index < -0.39 is 0 Å². The van der Waals surface area contributed by atoms with Crippen molar-refractivity contribution in [2.45, 2.75) is 32.2 Å². The van der Waals surface area contributed by atoms with Gasteiger partial charge in [-0.2, -0.15) is 0 Å². The fraction of sp³-hybridized carbons (Fsp3) is 0.421. The first-order chi connectivity index (χ1) is 12.1. The third kappa shape index (κ3) is 4.47. The number of aromatic nitrogens is 2. The number of hydrogen-bond donors (Lipinski definition) is 1. The van der Waals surface area contributed by atoms with Crippen molar-refractivity contribution in [1.29, 1.82) is 0 Å². The number of nitrogens with one attached hydrogen (secondary N) is 1. The summed E-state index contributed by atoms with van der Waals surface area (Å²) in [6.07, 6.45) is 8.43. The van der Waals surface area contributed by atoms with E-state index >= 15 is 0 Å². The number of pyridine rings is 2. The second-order valence-electron chi connectivity index (χ2n) is 6.47. The van der Waals surface area contributed by atoms with E-state index in [1.54, 1.807) is 19.3 Å². The molecule has 1 N–H and O–H groups in total. The number of carbonyl (C=O) groups excluding carboxylic acids is 1.